The molecule has 0 radical (unpaired) electrons. The molecule has 8 nitrogen and oxygen atoms in total. The zero-order chi connectivity index (χ0) is 21.1. The quantitative estimate of drug-likeness (QED) is 0.547. The Morgan fingerprint density at radius 2 is 1.90 bits per heavy atom. The summed E-state index contributed by atoms with van der Waals surface area (Å²) in [4.78, 5) is 39.2. The molecule has 8 heteroatoms. The van der Waals surface area contributed by atoms with Gasteiger partial charge in [0.05, 0.1) is 11.9 Å². The van der Waals surface area contributed by atoms with Crippen molar-refractivity contribution in [1.82, 2.24) is 15.6 Å². The lowest BCUT2D eigenvalue weighted by Gasteiger charge is -2.11. The molecule has 1 fully saturated rings. The van der Waals surface area contributed by atoms with Gasteiger partial charge in [0.15, 0.2) is 0 Å². The second-order valence-corrected chi connectivity index (χ2v) is 7.02. The summed E-state index contributed by atoms with van der Waals surface area (Å²) >= 11 is 0. The van der Waals surface area contributed by atoms with Crippen molar-refractivity contribution in [2.24, 2.45) is 0 Å². The van der Waals surface area contributed by atoms with Gasteiger partial charge < -0.3 is 15.4 Å². The molecule has 4 amide bonds. The van der Waals surface area contributed by atoms with Crippen LogP contribution in [0.1, 0.15) is 17.7 Å². The van der Waals surface area contributed by atoms with Gasteiger partial charge in [-0.25, -0.2) is 4.79 Å². The highest BCUT2D eigenvalue weighted by molar-refractivity contribution is 6.06. The van der Waals surface area contributed by atoms with Gasteiger partial charge >= 0.3 is 6.03 Å². The van der Waals surface area contributed by atoms with E-state index in [1.807, 2.05) is 37.3 Å². The third kappa shape index (κ3) is 4.38. The van der Waals surface area contributed by atoms with Gasteiger partial charge in [0.25, 0.3) is 5.91 Å². The van der Waals surface area contributed by atoms with E-state index in [1.165, 1.54) is 0 Å². The number of pyridine rings is 1. The molecular weight excluding hydrogens is 384 g/mol. The minimum Gasteiger partial charge on any atom is -0.489 e. The van der Waals surface area contributed by atoms with E-state index in [-0.39, 0.29) is 12.3 Å². The van der Waals surface area contributed by atoms with Gasteiger partial charge in [0, 0.05) is 22.3 Å². The number of fused-ring (bicyclic) bond motifs is 1. The van der Waals surface area contributed by atoms with Crippen molar-refractivity contribution in [3.63, 3.8) is 0 Å². The fourth-order valence-corrected chi connectivity index (χ4v) is 3.31. The monoisotopic (exact) mass is 404 g/mol. The molecule has 3 N–H and O–H groups in total. The number of para-hydroxylation sites is 1. The minimum absolute atomic E-state index is 0.135. The molecule has 2 aromatic carbocycles. The molecule has 0 saturated carbocycles. The summed E-state index contributed by atoms with van der Waals surface area (Å²) in [6.07, 6.45) is -0.135. The third-order valence-corrected chi connectivity index (χ3v) is 4.71. The average molecular weight is 404 g/mol. The van der Waals surface area contributed by atoms with Gasteiger partial charge in [-0.15, -0.1) is 0 Å². The SMILES string of the molecule is Cc1cc(COc2ccc(NC(=O)C[C@@H]3NC(=O)NC3=O)cc2)c2ccccc2n1. The van der Waals surface area contributed by atoms with Crippen LogP contribution in [0.4, 0.5) is 10.5 Å². The fraction of sp³-hybridized carbons (Fsp3) is 0.182. The maximum atomic E-state index is 12.1. The van der Waals surface area contributed by atoms with Crippen molar-refractivity contribution < 1.29 is 19.1 Å². The van der Waals surface area contributed by atoms with Crippen molar-refractivity contribution in [2.75, 3.05) is 5.32 Å². The largest absolute Gasteiger partial charge is 0.489 e. The Kier molecular flexibility index (Phi) is 5.30. The maximum absolute atomic E-state index is 12.1. The molecule has 1 aliphatic heterocycles. The summed E-state index contributed by atoms with van der Waals surface area (Å²) in [5, 5.41) is 8.24. The smallest absolute Gasteiger partial charge is 0.322 e. The number of benzene rings is 2. The maximum Gasteiger partial charge on any atom is 0.322 e. The lowest BCUT2D eigenvalue weighted by atomic mass is 10.1. The first kappa shape index (κ1) is 19.4. The summed E-state index contributed by atoms with van der Waals surface area (Å²) in [5.74, 6) is -0.212. The second kappa shape index (κ2) is 8.20. The summed E-state index contributed by atoms with van der Waals surface area (Å²) in [6.45, 7) is 2.35. The molecule has 0 spiro atoms. The average Bonchev–Trinajstić information content (AvgIpc) is 3.03. The van der Waals surface area contributed by atoms with Crippen molar-refractivity contribution in [2.45, 2.75) is 26.0 Å². The van der Waals surface area contributed by atoms with E-state index >= 15 is 0 Å². The number of hydrogen-bond acceptors (Lipinski definition) is 5. The van der Waals surface area contributed by atoms with Crippen LogP contribution in [0.2, 0.25) is 0 Å². The van der Waals surface area contributed by atoms with Crippen molar-refractivity contribution in [1.29, 1.82) is 0 Å². The number of nitrogens with one attached hydrogen (secondary N) is 3. The first-order chi connectivity index (χ1) is 14.5. The van der Waals surface area contributed by atoms with Gasteiger partial charge in [-0.1, -0.05) is 18.2 Å². The molecular formula is C22H20N4O4. The fourth-order valence-electron chi connectivity index (χ4n) is 3.31. The van der Waals surface area contributed by atoms with E-state index in [0.717, 1.165) is 22.2 Å². The number of ether oxygens (including phenoxy) is 1. The molecule has 3 aromatic rings. The minimum atomic E-state index is -0.848. The van der Waals surface area contributed by atoms with E-state index in [0.29, 0.717) is 18.0 Å². The van der Waals surface area contributed by atoms with Crippen LogP contribution >= 0.6 is 0 Å². The van der Waals surface area contributed by atoms with Crippen LogP contribution in [0.3, 0.4) is 0 Å². The highest BCUT2D eigenvalue weighted by atomic mass is 16.5. The number of amides is 4. The Bertz CT molecular complexity index is 1130. The van der Waals surface area contributed by atoms with Gasteiger partial charge in [0.1, 0.15) is 18.4 Å². The van der Waals surface area contributed by atoms with E-state index in [2.05, 4.69) is 20.9 Å². The number of carbonyl (C=O) groups is 3. The van der Waals surface area contributed by atoms with Crippen LogP contribution in [-0.4, -0.2) is 28.9 Å². The zero-order valence-corrected chi connectivity index (χ0v) is 16.3. The number of imide groups is 1. The molecule has 0 aliphatic carbocycles. The molecule has 1 aliphatic rings. The lowest BCUT2D eigenvalue weighted by molar-refractivity contribution is -0.124. The molecule has 1 saturated heterocycles. The highest BCUT2D eigenvalue weighted by Crippen LogP contribution is 2.22. The summed E-state index contributed by atoms with van der Waals surface area (Å²) < 4.78 is 5.91. The third-order valence-electron chi connectivity index (χ3n) is 4.71. The number of anilines is 1. The molecule has 1 atom stereocenters. The number of hydrogen-bond donors (Lipinski definition) is 3. The number of nitrogens with zero attached hydrogens (tertiary/aromatic N) is 1. The van der Waals surface area contributed by atoms with E-state index < -0.39 is 18.0 Å². The van der Waals surface area contributed by atoms with E-state index in [9.17, 15) is 14.4 Å². The Morgan fingerprint density at radius 3 is 2.63 bits per heavy atom. The number of rotatable bonds is 6. The number of urea groups is 1. The number of aryl methyl sites for hydroxylation is 1. The molecule has 4 rings (SSSR count). The first-order valence-corrected chi connectivity index (χ1v) is 9.47. The Balaban J connectivity index is 1.36. The lowest BCUT2D eigenvalue weighted by Crippen LogP contribution is -2.33. The van der Waals surface area contributed by atoms with Crippen LogP contribution in [-0.2, 0) is 16.2 Å². The predicted octanol–water partition coefficient (Wildman–Crippen LogP) is 2.66. The molecule has 1 aromatic heterocycles. The summed E-state index contributed by atoms with van der Waals surface area (Å²) in [5.41, 5.74) is 3.48. The predicted molar refractivity (Wildman–Crippen MR) is 111 cm³/mol. The van der Waals surface area contributed by atoms with Crippen molar-refractivity contribution in [3.05, 3.63) is 65.9 Å². The van der Waals surface area contributed by atoms with Crippen LogP contribution in [0, 0.1) is 6.92 Å². The highest BCUT2D eigenvalue weighted by Gasteiger charge is 2.31. The summed E-state index contributed by atoms with van der Waals surface area (Å²) in [6, 6.07) is 15.5. The molecule has 0 unspecified atom stereocenters. The van der Waals surface area contributed by atoms with Crippen LogP contribution in [0.25, 0.3) is 10.9 Å². The van der Waals surface area contributed by atoms with Gasteiger partial charge in [-0.05, 0) is 43.3 Å². The van der Waals surface area contributed by atoms with E-state index in [1.54, 1.807) is 24.3 Å². The van der Waals surface area contributed by atoms with Crippen molar-refractivity contribution in [3.8, 4) is 5.75 Å². The Morgan fingerprint density at radius 1 is 1.13 bits per heavy atom. The van der Waals surface area contributed by atoms with E-state index in [4.69, 9.17) is 4.74 Å². The number of aromatic nitrogens is 1. The molecule has 30 heavy (non-hydrogen) atoms. The number of carbonyl (C=O) groups excluding carboxylic acids is 3. The standard InChI is InChI=1S/C22H20N4O4/c1-13-10-14(17-4-2-3-5-18(17)23-13)12-30-16-8-6-15(7-9-16)24-20(27)11-19-21(28)26-22(29)25-19/h2-10,19H,11-12H2,1H3,(H,24,27)(H2,25,26,28,29)/t19-/m0/s1. The first-order valence-electron chi connectivity index (χ1n) is 9.47. The molecule has 2 heterocycles. The Hall–Kier alpha value is -3.94. The van der Waals surface area contributed by atoms with Gasteiger partial charge in [-0.3, -0.25) is 19.9 Å². The van der Waals surface area contributed by atoms with Gasteiger partial charge in [-0.2, -0.15) is 0 Å². The summed E-state index contributed by atoms with van der Waals surface area (Å²) in [7, 11) is 0. The second-order valence-electron chi connectivity index (χ2n) is 7.02. The Labute approximate surface area is 172 Å². The van der Waals surface area contributed by atoms with Crippen LogP contribution < -0.4 is 20.7 Å². The molecule has 152 valence electrons. The topological polar surface area (TPSA) is 109 Å². The van der Waals surface area contributed by atoms with Crippen LogP contribution in [0.15, 0.2) is 54.6 Å². The van der Waals surface area contributed by atoms with Gasteiger partial charge in [0.2, 0.25) is 5.91 Å². The van der Waals surface area contributed by atoms with Crippen LogP contribution in [0.5, 0.6) is 5.75 Å². The normalized spacial score (nSPS) is 15.6. The van der Waals surface area contributed by atoms with Crippen molar-refractivity contribution >= 4 is 34.4 Å². The molecule has 0 bridgehead atoms. The zero-order valence-electron chi connectivity index (χ0n) is 16.3.